The molecule has 0 unspecified atom stereocenters. The zero-order chi connectivity index (χ0) is 18.5. The van der Waals surface area contributed by atoms with Crippen LogP contribution < -0.4 is 11.0 Å². The highest BCUT2D eigenvalue weighted by Gasteiger charge is 2.16. The molecule has 0 fully saturated rings. The van der Waals surface area contributed by atoms with E-state index in [-0.39, 0.29) is 11.3 Å². The van der Waals surface area contributed by atoms with E-state index < -0.39 is 5.91 Å². The molecule has 7 heteroatoms. The maximum absolute atomic E-state index is 12.7. The maximum Gasteiger partial charge on any atom is 0.292 e. The van der Waals surface area contributed by atoms with Crippen molar-refractivity contribution in [1.29, 1.82) is 0 Å². The Morgan fingerprint density at radius 2 is 1.96 bits per heavy atom. The largest absolute Gasteiger partial charge is 0.292 e. The van der Waals surface area contributed by atoms with Crippen molar-refractivity contribution in [1.82, 2.24) is 20.2 Å². The summed E-state index contributed by atoms with van der Waals surface area (Å²) < 4.78 is 1.33. The molecule has 0 radical (unpaired) electrons. The summed E-state index contributed by atoms with van der Waals surface area (Å²) in [7, 11) is 0. The molecule has 0 saturated heterocycles. The van der Waals surface area contributed by atoms with Gasteiger partial charge in [0.25, 0.3) is 11.5 Å². The number of hydrogen-bond acceptors (Lipinski definition) is 5. The number of nitrogens with zero attached hydrogens (tertiary/aromatic N) is 4. The minimum atomic E-state index is -0.464. The molecule has 26 heavy (non-hydrogen) atoms. The summed E-state index contributed by atoms with van der Waals surface area (Å²) in [4.78, 5) is 29.2. The molecular formula is C19H19N5O2. The number of carbonyl (C=O) groups excluding carboxylic acids is 1. The molecule has 0 aliphatic rings. The Kier molecular flexibility index (Phi) is 5.17. The molecule has 1 amide bonds. The van der Waals surface area contributed by atoms with E-state index in [0.717, 1.165) is 12.0 Å². The number of hydrogen-bond donors (Lipinski definition) is 1. The predicted molar refractivity (Wildman–Crippen MR) is 100 cm³/mol. The minimum absolute atomic E-state index is 0.177. The number of fused-ring (bicyclic) bond motifs is 1. The molecule has 2 heterocycles. The van der Waals surface area contributed by atoms with E-state index in [2.05, 4.69) is 20.6 Å². The smallest absolute Gasteiger partial charge is 0.267 e. The van der Waals surface area contributed by atoms with Gasteiger partial charge in [0, 0.05) is 29.9 Å². The number of nitrogens with one attached hydrogen (secondary N) is 1. The summed E-state index contributed by atoms with van der Waals surface area (Å²) in [5.41, 5.74) is 3.93. The van der Waals surface area contributed by atoms with E-state index >= 15 is 0 Å². The average molecular weight is 349 g/mol. The molecule has 1 N–H and O–H groups in total. The van der Waals surface area contributed by atoms with Crippen LogP contribution in [-0.2, 0) is 6.54 Å². The van der Waals surface area contributed by atoms with Crippen LogP contribution in [0.15, 0.2) is 58.7 Å². The van der Waals surface area contributed by atoms with Gasteiger partial charge in [0.05, 0.1) is 11.1 Å². The second kappa shape index (κ2) is 7.69. The standard InChI is InChI=1S/C19H19N5O2/c1-3-11-24-19(26)16-9-5-4-8-15(16)17(23-24)18(25)22-21-13(2)14-7-6-10-20-12-14/h4-10,12H,3,11H2,1-2H3,(H,22,25)/b21-13+. The Balaban J connectivity index is 1.98. The van der Waals surface area contributed by atoms with Crippen LogP contribution in [0, 0.1) is 0 Å². The number of aromatic nitrogens is 3. The lowest BCUT2D eigenvalue weighted by atomic mass is 10.1. The predicted octanol–water partition coefficient (Wildman–Crippen LogP) is 2.36. The highest BCUT2D eigenvalue weighted by molar-refractivity contribution is 6.06. The summed E-state index contributed by atoms with van der Waals surface area (Å²) in [5.74, 6) is -0.464. The lowest BCUT2D eigenvalue weighted by Crippen LogP contribution is -2.29. The summed E-state index contributed by atoms with van der Waals surface area (Å²) in [6, 6.07) is 10.6. The minimum Gasteiger partial charge on any atom is -0.267 e. The van der Waals surface area contributed by atoms with E-state index in [9.17, 15) is 9.59 Å². The van der Waals surface area contributed by atoms with Crippen LogP contribution >= 0.6 is 0 Å². The third-order valence-electron chi connectivity index (χ3n) is 3.92. The average Bonchev–Trinajstić information content (AvgIpc) is 2.69. The first-order valence-corrected chi connectivity index (χ1v) is 8.36. The molecule has 0 aliphatic heterocycles. The van der Waals surface area contributed by atoms with Gasteiger partial charge in [-0.25, -0.2) is 10.1 Å². The van der Waals surface area contributed by atoms with Gasteiger partial charge < -0.3 is 0 Å². The summed E-state index contributed by atoms with van der Waals surface area (Å²) >= 11 is 0. The molecule has 3 rings (SSSR count). The van der Waals surface area contributed by atoms with Crippen molar-refractivity contribution in [2.45, 2.75) is 26.8 Å². The van der Waals surface area contributed by atoms with Gasteiger partial charge in [-0.3, -0.25) is 14.6 Å². The number of aryl methyl sites for hydroxylation is 1. The Hall–Kier alpha value is -3.35. The quantitative estimate of drug-likeness (QED) is 0.566. The molecular weight excluding hydrogens is 330 g/mol. The van der Waals surface area contributed by atoms with Crippen molar-refractivity contribution in [2.24, 2.45) is 5.10 Å². The molecule has 7 nitrogen and oxygen atoms in total. The van der Waals surface area contributed by atoms with Crippen LogP contribution in [0.25, 0.3) is 10.8 Å². The fourth-order valence-electron chi connectivity index (χ4n) is 2.60. The van der Waals surface area contributed by atoms with Crippen molar-refractivity contribution in [3.05, 3.63) is 70.4 Å². The van der Waals surface area contributed by atoms with Gasteiger partial charge in [-0.2, -0.15) is 10.2 Å². The van der Waals surface area contributed by atoms with Crippen LogP contribution in [0.5, 0.6) is 0 Å². The number of pyridine rings is 1. The van der Waals surface area contributed by atoms with Crippen LogP contribution in [0.2, 0.25) is 0 Å². The number of rotatable bonds is 5. The van der Waals surface area contributed by atoms with Gasteiger partial charge >= 0.3 is 0 Å². The monoisotopic (exact) mass is 349 g/mol. The molecule has 3 aromatic rings. The van der Waals surface area contributed by atoms with Crippen molar-refractivity contribution >= 4 is 22.4 Å². The van der Waals surface area contributed by atoms with E-state index in [4.69, 9.17) is 0 Å². The Bertz CT molecular complexity index is 1030. The van der Waals surface area contributed by atoms with Crippen molar-refractivity contribution in [3.8, 4) is 0 Å². The zero-order valence-corrected chi connectivity index (χ0v) is 14.6. The van der Waals surface area contributed by atoms with E-state index in [1.807, 2.05) is 13.0 Å². The second-order valence-electron chi connectivity index (χ2n) is 5.80. The first kappa shape index (κ1) is 17.5. The molecule has 0 saturated carbocycles. The lowest BCUT2D eigenvalue weighted by molar-refractivity contribution is 0.0949. The summed E-state index contributed by atoms with van der Waals surface area (Å²) in [5, 5.41) is 9.35. The Morgan fingerprint density at radius 3 is 2.65 bits per heavy atom. The van der Waals surface area contributed by atoms with Gasteiger partial charge in [0.1, 0.15) is 0 Å². The van der Waals surface area contributed by atoms with Gasteiger partial charge in [0.2, 0.25) is 0 Å². The van der Waals surface area contributed by atoms with E-state index in [1.54, 1.807) is 49.6 Å². The summed E-state index contributed by atoms with van der Waals surface area (Å²) in [6.45, 7) is 4.17. The second-order valence-corrected chi connectivity index (χ2v) is 5.80. The third kappa shape index (κ3) is 3.51. The van der Waals surface area contributed by atoms with Crippen LogP contribution in [0.1, 0.15) is 36.3 Å². The third-order valence-corrected chi connectivity index (χ3v) is 3.92. The van der Waals surface area contributed by atoms with Crippen LogP contribution in [0.4, 0.5) is 0 Å². The van der Waals surface area contributed by atoms with E-state index in [0.29, 0.717) is 23.0 Å². The Labute approximate surface area is 150 Å². The Morgan fingerprint density at radius 1 is 1.19 bits per heavy atom. The van der Waals surface area contributed by atoms with Gasteiger partial charge in [-0.1, -0.05) is 31.2 Å². The highest BCUT2D eigenvalue weighted by atomic mass is 16.2. The first-order chi connectivity index (χ1) is 12.6. The topological polar surface area (TPSA) is 89.2 Å². The number of hydrazone groups is 1. The van der Waals surface area contributed by atoms with Crippen LogP contribution in [-0.4, -0.2) is 26.4 Å². The van der Waals surface area contributed by atoms with Gasteiger partial charge in [0.15, 0.2) is 5.69 Å². The highest BCUT2D eigenvalue weighted by Crippen LogP contribution is 2.13. The molecule has 1 aromatic carbocycles. The van der Waals surface area contributed by atoms with Gasteiger partial charge in [-0.05, 0) is 25.5 Å². The number of carbonyl (C=O) groups is 1. The molecule has 0 aliphatic carbocycles. The molecule has 0 spiro atoms. The fraction of sp³-hybridized carbons (Fsp3) is 0.211. The summed E-state index contributed by atoms with van der Waals surface area (Å²) in [6.07, 6.45) is 4.08. The first-order valence-electron chi connectivity index (χ1n) is 8.36. The van der Waals surface area contributed by atoms with Crippen molar-refractivity contribution < 1.29 is 4.79 Å². The molecule has 0 bridgehead atoms. The SMILES string of the molecule is CCCn1nc(C(=O)N/N=C(\C)c2cccnc2)c2ccccc2c1=O. The molecule has 132 valence electrons. The van der Waals surface area contributed by atoms with Crippen molar-refractivity contribution in [2.75, 3.05) is 0 Å². The maximum atomic E-state index is 12.7. The fourth-order valence-corrected chi connectivity index (χ4v) is 2.60. The molecule has 2 aromatic heterocycles. The lowest BCUT2D eigenvalue weighted by Gasteiger charge is -2.09. The number of amides is 1. The van der Waals surface area contributed by atoms with Crippen molar-refractivity contribution in [3.63, 3.8) is 0 Å². The van der Waals surface area contributed by atoms with Gasteiger partial charge in [-0.15, -0.1) is 0 Å². The zero-order valence-electron chi connectivity index (χ0n) is 14.6. The molecule has 0 atom stereocenters. The van der Waals surface area contributed by atoms with Crippen LogP contribution in [0.3, 0.4) is 0 Å². The number of benzene rings is 1. The van der Waals surface area contributed by atoms with E-state index in [1.165, 1.54) is 4.68 Å². The normalized spacial score (nSPS) is 11.5.